The molecule has 0 unspecified atom stereocenters. The molecule has 1 rings (SSSR count). The molecule has 478 valence electrons. The van der Waals surface area contributed by atoms with Crippen molar-refractivity contribution >= 4 is 17.9 Å². The van der Waals surface area contributed by atoms with Gasteiger partial charge in [-0.1, -0.05) is 211 Å². The summed E-state index contributed by atoms with van der Waals surface area (Å²) in [7, 11) is 0. The monoisotopic (exact) mass is 1160 g/mol. The number of esters is 2. The molecule has 81 heavy (non-hydrogen) atoms. The molecule has 0 aromatic heterocycles. The molecular formula is C66H124O15. The SMILES string of the molecule is CCCCCCCC/C=C\CCCCCCCC(=O)O.CCCCCCCC/C=C\CCCCCCCC(=O)OC[C@H](O)[C@@H](O)[C@H](O)[C@H](O)CO.CCCCCCCC/C=C\CCCCCCCC(=O)O[C@H](CO)[C@H]1OC[C@H](O)[C@H]1O. The van der Waals surface area contributed by atoms with Crippen LogP contribution in [0.3, 0.4) is 0 Å². The molecule has 8 atom stereocenters. The minimum Gasteiger partial charge on any atom is -0.481 e. The summed E-state index contributed by atoms with van der Waals surface area (Å²) < 4.78 is 15.3. The fourth-order valence-corrected chi connectivity index (χ4v) is 9.33. The van der Waals surface area contributed by atoms with Gasteiger partial charge >= 0.3 is 17.9 Å². The number of aliphatic hydroxyl groups is 8. The molecule has 0 aliphatic carbocycles. The van der Waals surface area contributed by atoms with Gasteiger partial charge in [-0.25, -0.2) is 0 Å². The Bertz CT molecular complexity index is 1460. The van der Waals surface area contributed by atoms with Gasteiger partial charge in [-0.3, -0.25) is 14.4 Å². The molecular weight excluding hydrogens is 1030 g/mol. The Morgan fingerprint density at radius 1 is 0.444 bits per heavy atom. The van der Waals surface area contributed by atoms with Crippen LogP contribution in [0.4, 0.5) is 0 Å². The molecule has 1 saturated heterocycles. The van der Waals surface area contributed by atoms with Crippen molar-refractivity contribution in [1.29, 1.82) is 0 Å². The lowest BCUT2D eigenvalue weighted by Crippen LogP contribution is -2.47. The summed E-state index contributed by atoms with van der Waals surface area (Å²) in [5.74, 6) is -1.53. The van der Waals surface area contributed by atoms with Crippen LogP contribution in [0.5, 0.6) is 0 Å². The molecule has 1 aliphatic rings. The maximum Gasteiger partial charge on any atom is 0.306 e. The molecule has 0 bridgehead atoms. The van der Waals surface area contributed by atoms with Gasteiger partial charge in [0, 0.05) is 19.3 Å². The number of unbranched alkanes of at least 4 members (excludes halogenated alkanes) is 33. The van der Waals surface area contributed by atoms with Crippen molar-refractivity contribution < 1.29 is 74.6 Å². The minimum atomic E-state index is -1.72. The topological polar surface area (TPSA) is 261 Å². The van der Waals surface area contributed by atoms with Crippen molar-refractivity contribution in [2.24, 2.45) is 0 Å². The Kier molecular flexibility index (Phi) is 61.3. The van der Waals surface area contributed by atoms with Crippen LogP contribution in [0.2, 0.25) is 0 Å². The normalized spacial score (nSPS) is 17.1. The van der Waals surface area contributed by atoms with Gasteiger partial charge in [0.15, 0.2) is 6.10 Å². The van der Waals surface area contributed by atoms with Gasteiger partial charge in [-0.05, 0) is 96.3 Å². The highest BCUT2D eigenvalue weighted by molar-refractivity contribution is 5.69. The number of hydrogen-bond donors (Lipinski definition) is 9. The average Bonchev–Trinajstić information content (AvgIpc) is 3.80. The Hall–Kier alpha value is -2.73. The van der Waals surface area contributed by atoms with Crippen LogP contribution >= 0.6 is 0 Å². The van der Waals surface area contributed by atoms with E-state index in [1.165, 1.54) is 167 Å². The third-order valence-electron chi connectivity index (χ3n) is 14.7. The van der Waals surface area contributed by atoms with Crippen LogP contribution < -0.4 is 0 Å². The fraction of sp³-hybridized carbons (Fsp3) is 0.864. The third kappa shape index (κ3) is 53.7. The second-order valence-electron chi connectivity index (χ2n) is 22.4. The van der Waals surface area contributed by atoms with E-state index in [9.17, 15) is 50.1 Å². The number of hydrogen-bond acceptors (Lipinski definition) is 14. The number of allylic oxidation sites excluding steroid dienone is 6. The summed E-state index contributed by atoms with van der Waals surface area (Å²) in [4.78, 5) is 34.0. The Morgan fingerprint density at radius 3 is 1.09 bits per heavy atom. The average molecular weight is 1160 g/mol. The second-order valence-corrected chi connectivity index (χ2v) is 22.4. The van der Waals surface area contributed by atoms with E-state index in [2.05, 4.69) is 57.2 Å². The van der Waals surface area contributed by atoms with Gasteiger partial charge in [-0.15, -0.1) is 0 Å². The molecule has 9 N–H and O–H groups in total. The quantitative estimate of drug-likeness (QED) is 0.0156. The molecule has 1 aliphatic heterocycles. The molecule has 1 fully saturated rings. The van der Waals surface area contributed by atoms with Crippen molar-refractivity contribution in [2.75, 3.05) is 26.4 Å². The first-order valence-corrected chi connectivity index (χ1v) is 32.7. The predicted octanol–water partition coefficient (Wildman–Crippen LogP) is 13.2. The first-order chi connectivity index (χ1) is 39.3. The summed E-state index contributed by atoms with van der Waals surface area (Å²) in [5, 5.41) is 84.0. The molecule has 0 spiro atoms. The lowest BCUT2D eigenvalue weighted by Gasteiger charge is -2.25. The van der Waals surface area contributed by atoms with Crippen molar-refractivity contribution in [3.8, 4) is 0 Å². The Morgan fingerprint density at radius 2 is 0.765 bits per heavy atom. The summed E-state index contributed by atoms with van der Waals surface area (Å²) >= 11 is 0. The summed E-state index contributed by atoms with van der Waals surface area (Å²) in [6.45, 7) is 5.07. The fourth-order valence-electron chi connectivity index (χ4n) is 9.33. The molecule has 0 aromatic carbocycles. The number of aliphatic carboxylic acids is 1. The standard InChI is InChI=1S/C24H46O7.C24H44O6.C18H34O2/c1-2-3-4-5-6-7-8-9-10-11-12-13-14-15-16-17-22(28)31-19-21(27)24(30)23(29)20(26)18-25;1-2-3-4-5-6-7-8-9-10-11-12-13-14-15-16-17-22(27)30-21(18-25)24-23(28)20(26)19-29-24;1-2-3-4-5-6-7-8-9-10-11-12-13-14-15-16-17-18(19)20/h9-10,20-21,23-27,29-30H,2-8,11-19H2,1H3;9-10,20-21,23-26,28H,2-8,11-19H2,1H3;9-10H,2-8,11-17H2,1H3,(H,19,20)/b3*10-9-/t20-,21+,23-,24-;20-,21+,23+,24+;/m10./s1. The molecule has 0 saturated carbocycles. The van der Waals surface area contributed by atoms with Crippen LogP contribution in [0.1, 0.15) is 290 Å². The van der Waals surface area contributed by atoms with Crippen LogP contribution in [0.25, 0.3) is 0 Å². The van der Waals surface area contributed by atoms with Crippen LogP contribution in [-0.2, 0) is 28.6 Å². The number of rotatable bonds is 54. The number of carboxylic acid groups (broad SMARTS) is 1. The van der Waals surface area contributed by atoms with Crippen molar-refractivity contribution in [3.05, 3.63) is 36.5 Å². The maximum atomic E-state index is 11.9. The smallest absolute Gasteiger partial charge is 0.306 e. The highest BCUT2D eigenvalue weighted by atomic mass is 16.6. The number of aliphatic hydroxyl groups excluding tert-OH is 8. The van der Waals surface area contributed by atoms with E-state index in [4.69, 9.17) is 24.4 Å². The highest BCUT2D eigenvalue weighted by Crippen LogP contribution is 2.21. The van der Waals surface area contributed by atoms with Gasteiger partial charge in [0.1, 0.15) is 49.3 Å². The van der Waals surface area contributed by atoms with Crippen molar-refractivity contribution in [1.82, 2.24) is 0 Å². The maximum absolute atomic E-state index is 11.9. The Balaban J connectivity index is 0. The lowest BCUT2D eigenvalue weighted by molar-refractivity contribution is -0.163. The summed E-state index contributed by atoms with van der Waals surface area (Å²) in [5.41, 5.74) is 0. The van der Waals surface area contributed by atoms with E-state index in [0.717, 1.165) is 77.0 Å². The van der Waals surface area contributed by atoms with Gasteiger partial charge in [-0.2, -0.15) is 0 Å². The zero-order valence-electron chi connectivity index (χ0n) is 51.6. The van der Waals surface area contributed by atoms with E-state index < -0.39 is 86.6 Å². The lowest BCUT2D eigenvalue weighted by atomic mass is 10.0. The van der Waals surface area contributed by atoms with E-state index in [1.807, 2.05) is 0 Å². The first-order valence-electron chi connectivity index (χ1n) is 32.7. The zero-order chi connectivity index (χ0) is 60.2. The third-order valence-corrected chi connectivity index (χ3v) is 14.7. The first kappa shape index (κ1) is 80.3. The summed E-state index contributed by atoms with van der Waals surface area (Å²) in [6.07, 6.45) is 51.3. The Labute approximate surface area is 492 Å². The number of ether oxygens (including phenoxy) is 3. The zero-order valence-corrected chi connectivity index (χ0v) is 51.6. The molecule has 1 heterocycles. The van der Waals surface area contributed by atoms with E-state index in [1.54, 1.807) is 0 Å². The molecule has 0 radical (unpaired) electrons. The summed E-state index contributed by atoms with van der Waals surface area (Å²) in [6, 6.07) is 0. The number of carbonyl (C=O) groups excluding carboxylic acids is 2. The van der Waals surface area contributed by atoms with Crippen LogP contribution in [0.15, 0.2) is 36.5 Å². The van der Waals surface area contributed by atoms with Crippen molar-refractivity contribution in [2.45, 2.75) is 339 Å². The highest BCUT2D eigenvalue weighted by Gasteiger charge is 2.41. The van der Waals surface area contributed by atoms with E-state index in [-0.39, 0.29) is 13.0 Å². The largest absolute Gasteiger partial charge is 0.481 e. The van der Waals surface area contributed by atoms with Gasteiger partial charge < -0.3 is 60.2 Å². The van der Waals surface area contributed by atoms with Gasteiger partial charge in [0.05, 0.1) is 19.8 Å². The molecule has 0 aromatic rings. The van der Waals surface area contributed by atoms with Gasteiger partial charge in [0.2, 0.25) is 0 Å². The van der Waals surface area contributed by atoms with Crippen molar-refractivity contribution in [3.63, 3.8) is 0 Å². The molecule has 15 nitrogen and oxygen atoms in total. The van der Waals surface area contributed by atoms with E-state index in [0.29, 0.717) is 19.3 Å². The minimum absolute atomic E-state index is 0.0197. The van der Waals surface area contributed by atoms with Gasteiger partial charge in [0.25, 0.3) is 0 Å². The predicted molar refractivity (Wildman–Crippen MR) is 327 cm³/mol. The number of carbonyl (C=O) groups is 3. The molecule has 15 heteroatoms. The van der Waals surface area contributed by atoms with Crippen LogP contribution in [0, 0.1) is 0 Å². The van der Waals surface area contributed by atoms with Crippen LogP contribution in [-0.4, -0.2) is 139 Å². The molecule has 0 amide bonds. The van der Waals surface area contributed by atoms with E-state index >= 15 is 0 Å². The second kappa shape index (κ2) is 61.8. The number of carboxylic acids is 1.